The molecule has 4 aromatic carbocycles. The molecule has 11 N–H and O–H groups in total. The minimum Gasteiger partial charge on any atom is -0.508 e. The predicted octanol–water partition coefficient (Wildman–Crippen LogP) is 2.94. The predicted molar refractivity (Wildman–Crippen MR) is 138 cm³/mol. The number of benzene rings is 4. The van der Waals surface area contributed by atoms with E-state index in [1.165, 1.54) is 0 Å². The summed E-state index contributed by atoms with van der Waals surface area (Å²) in [6, 6.07) is 7.08. The maximum atomic E-state index is 13.4. The van der Waals surface area contributed by atoms with E-state index in [-0.39, 0.29) is 16.9 Å². The summed E-state index contributed by atoms with van der Waals surface area (Å²) in [6.07, 6.45) is -3.33. The zero-order valence-electron chi connectivity index (χ0n) is 21.0. The van der Waals surface area contributed by atoms with Gasteiger partial charge in [-0.2, -0.15) is 0 Å². The van der Waals surface area contributed by atoms with Gasteiger partial charge in [0.05, 0.1) is 11.5 Å². The van der Waals surface area contributed by atoms with Gasteiger partial charge in [0.15, 0.2) is 46.7 Å². The SMILES string of the molecule is O=C(OC1C(c2cc(O)c(O)c(O)c2)Oc2cc(O)cc(O)c2C1c1c(O)cc(O)cc1O)c1cc(O)c(O)c(O)c1. The summed E-state index contributed by atoms with van der Waals surface area (Å²) in [5, 5.41) is 112. The summed E-state index contributed by atoms with van der Waals surface area (Å²) in [4.78, 5) is 13.4. The van der Waals surface area contributed by atoms with Crippen molar-refractivity contribution in [3.8, 4) is 69.0 Å². The van der Waals surface area contributed by atoms with Gasteiger partial charge in [-0.15, -0.1) is 0 Å². The molecule has 0 bridgehead atoms. The number of carbonyl (C=O) groups is 1. The monoisotopic (exact) mass is 582 g/mol. The van der Waals surface area contributed by atoms with E-state index in [2.05, 4.69) is 0 Å². The largest absolute Gasteiger partial charge is 0.508 e. The number of phenolic OH excluding ortho intramolecular Hbond substituents is 11. The smallest absolute Gasteiger partial charge is 0.338 e. The first-order chi connectivity index (χ1) is 19.8. The normalized spacial score (nSPS) is 17.7. The van der Waals surface area contributed by atoms with Crippen LogP contribution in [0.3, 0.4) is 0 Å². The molecule has 0 fully saturated rings. The molecule has 5 rings (SSSR count). The highest BCUT2D eigenvalue weighted by atomic mass is 16.6. The van der Waals surface area contributed by atoms with Crippen LogP contribution in [0.25, 0.3) is 0 Å². The highest BCUT2D eigenvalue weighted by Gasteiger charge is 2.47. The van der Waals surface area contributed by atoms with Crippen LogP contribution in [0, 0.1) is 0 Å². The molecule has 0 radical (unpaired) electrons. The van der Waals surface area contributed by atoms with Gasteiger partial charge in [0.1, 0.15) is 34.5 Å². The Morgan fingerprint density at radius 3 is 1.55 bits per heavy atom. The molecule has 218 valence electrons. The van der Waals surface area contributed by atoms with E-state index >= 15 is 0 Å². The molecule has 3 atom stereocenters. The second-order valence-electron chi connectivity index (χ2n) is 9.43. The molecule has 42 heavy (non-hydrogen) atoms. The fourth-order valence-electron chi connectivity index (χ4n) is 4.88. The molecule has 4 aromatic rings. The number of ether oxygens (including phenoxy) is 2. The number of hydrogen-bond donors (Lipinski definition) is 11. The number of rotatable bonds is 4. The average Bonchev–Trinajstić information content (AvgIpc) is 2.89. The van der Waals surface area contributed by atoms with E-state index in [4.69, 9.17) is 9.47 Å². The van der Waals surface area contributed by atoms with E-state index in [1.54, 1.807) is 0 Å². The molecule has 1 heterocycles. The lowest BCUT2D eigenvalue weighted by atomic mass is 9.78. The van der Waals surface area contributed by atoms with Crippen molar-refractivity contribution in [2.45, 2.75) is 18.1 Å². The number of esters is 1. The van der Waals surface area contributed by atoms with Crippen molar-refractivity contribution < 1.29 is 70.4 Å². The van der Waals surface area contributed by atoms with Crippen LogP contribution in [0.2, 0.25) is 0 Å². The Morgan fingerprint density at radius 1 is 0.571 bits per heavy atom. The Morgan fingerprint density at radius 2 is 1.02 bits per heavy atom. The van der Waals surface area contributed by atoms with Crippen LogP contribution in [-0.2, 0) is 4.74 Å². The van der Waals surface area contributed by atoms with Crippen molar-refractivity contribution in [1.82, 2.24) is 0 Å². The van der Waals surface area contributed by atoms with Crippen LogP contribution in [0.5, 0.6) is 69.0 Å². The number of fused-ring (bicyclic) bond motifs is 1. The lowest BCUT2D eigenvalue weighted by Gasteiger charge is -2.40. The summed E-state index contributed by atoms with van der Waals surface area (Å²) in [7, 11) is 0. The van der Waals surface area contributed by atoms with Gasteiger partial charge in [0, 0.05) is 41.0 Å². The lowest BCUT2D eigenvalue weighted by molar-refractivity contribution is -0.0274. The summed E-state index contributed by atoms with van der Waals surface area (Å²) >= 11 is 0. The van der Waals surface area contributed by atoms with Crippen LogP contribution < -0.4 is 4.74 Å². The van der Waals surface area contributed by atoms with Crippen molar-refractivity contribution in [3.05, 3.63) is 70.8 Å². The molecule has 0 aliphatic carbocycles. The number of aromatic hydroxyl groups is 11. The van der Waals surface area contributed by atoms with Crippen molar-refractivity contribution in [2.75, 3.05) is 0 Å². The fraction of sp³-hybridized carbons (Fsp3) is 0.107. The van der Waals surface area contributed by atoms with Crippen molar-refractivity contribution in [2.24, 2.45) is 0 Å². The standard InChI is InChI=1S/C28H22O14/c29-11-5-13(31)21(14(32)6-11)23-22-15(33)7-12(30)8-20(22)41-26(9-1-16(34)24(38)17(35)2-9)27(23)42-28(40)10-3-18(36)25(39)19(37)4-10/h1-8,23,26-27,29-39H. The number of carbonyl (C=O) groups excluding carboxylic acids is 1. The van der Waals surface area contributed by atoms with E-state index < -0.39 is 98.5 Å². The fourth-order valence-corrected chi connectivity index (χ4v) is 4.88. The van der Waals surface area contributed by atoms with Crippen LogP contribution in [0.1, 0.15) is 39.1 Å². The van der Waals surface area contributed by atoms with Gasteiger partial charge >= 0.3 is 5.97 Å². The molecule has 3 unspecified atom stereocenters. The van der Waals surface area contributed by atoms with Crippen LogP contribution >= 0.6 is 0 Å². The molecule has 14 heteroatoms. The Hall–Kier alpha value is -6.05. The second kappa shape index (κ2) is 9.85. The highest BCUT2D eigenvalue weighted by Crippen LogP contribution is 2.56. The van der Waals surface area contributed by atoms with E-state index in [0.29, 0.717) is 0 Å². The number of hydrogen-bond acceptors (Lipinski definition) is 14. The molecule has 14 nitrogen and oxygen atoms in total. The van der Waals surface area contributed by atoms with Gasteiger partial charge in [-0.05, 0) is 24.3 Å². The van der Waals surface area contributed by atoms with Gasteiger partial charge in [-0.25, -0.2) is 4.79 Å². The number of phenols is 11. The van der Waals surface area contributed by atoms with Crippen molar-refractivity contribution >= 4 is 5.97 Å². The third-order valence-electron chi connectivity index (χ3n) is 6.70. The zero-order chi connectivity index (χ0) is 30.6. The van der Waals surface area contributed by atoms with Gasteiger partial charge in [-0.1, -0.05) is 0 Å². The molecule has 1 aliphatic heterocycles. The minimum atomic E-state index is -1.75. The summed E-state index contributed by atoms with van der Waals surface area (Å²) in [5.74, 6) is -11.4. The van der Waals surface area contributed by atoms with E-state index in [9.17, 15) is 61.0 Å². The summed E-state index contributed by atoms with van der Waals surface area (Å²) in [5.41, 5.74) is -1.25. The molecule has 0 saturated carbocycles. The van der Waals surface area contributed by atoms with Gasteiger partial charge < -0.3 is 65.6 Å². The lowest BCUT2D eigenvalue weighted by Crippen LogP contribution is -2.39. The van der Waals surface area contributed by atoms with E-state index in [0.717, 1.165) is 48.5 Å². The minimum absolute atomic E-state index is 0.145. The molecular formula is C28H22O14. The zero-order valence-corrected chi connectivity index (χ0v) is 21.0. The maximum Gasteiger partial charge on any atom is 0.338 e. The second-order valence-corrected chi connectivity index (χ2v) is 9.43. The van der Waals surface area contributed by atoms with Gasteiger partial charge in [-0.3, -0.25) is 0 Å². The molecule has 0 aromatic heterocycles. The average molecular weight is 582 g/mol. The molecule has 0 amide bonds. The topological polar surface area (TPSA) is 258 Å². The van der Waals surface area contributed by atoms with Crippen LogP contribution in [0.15, 0.2) is 48.5 Å². The first kappa shape index (κ1) is 27.5. The molecular weight excluding hydrogens is 560 g/mol. The summed E-state index contributed by atoms with van der Waals surface area (Å²) in [6.45, 7) is 0. The third-order valence-corrected chi connectivity index (χ3v) is 6.70. The first-order valence-electron chi connectivity index (χ1n) is 11.9. The van der Waals surface area contributed by atoms with Crippen LogP contribution in [-0.4, -0.2) is 68.2 Å². The first-order valence-corrected chi connectivity index (χ1v) is 11.9. The Labute approximate surface area is 234 Å². The maximum absolute atomic E-state index is 13.4. The Balaban J connectivity index is 1.78. The Kier molecular flexibility index (Phi) is 6.45. The van der Waals surface area contributed by atoms with Gasteiger partial charge in [0.25, 0.3) is 0 Å². The Bertz CT molecular complexity index is 1680. The quantitative estimate of drug-likeness (QED) is 0.122. The summed E-state index contributed by atoms with van der Waals surface area (Å²) < 4.78 is 11.6. The molecule has 0 spiro atoms. The van der Waals surface area contributed by atoms with Crippen molar-refractivity contribution in [3.63, 3.8) is 0 Å². The van der Waals surface area contributed by atoms with Crippen molar-refractivity contribution in [1.29, 1.82) is 0 Å². The third kappa shape index (κ3) is 4.56. The highest BCUT2D eigenvalue weighted by molar-refractivity contribution is 5.91. The molecule has 1 aliphatic rings. The van der Waals surface area contributed by atoms with E-state index in [1.807, 2.05) is 0 Å². The van der Waals surface area contributed by atoms with Crippen LogP contribution in [0.4, 0.5) is 0 Å². The molecule has 0 saturated heterocycles. The van der Waals surface area contributed by atoms with Gasteiger partial charge in [0.2, 0.25) is 0 Å².